The quantitative estimate of drug-likeness (QED) is 0.776. The lowest BCUT2D eigenvalue weighted by molar-refractivity contribution is 0.181. The summed E-state index contributed by atoms with van der Waals surface area (Å²) in [5, 5.41) is 10.0. The molecule has 1 saturated heterocycles. The number of nitrogens with zero attached hydrogens (tertiary/aromatic N) is 3. The van der Waals surface area contributed by atoms with Gasteiger partial charge in [0.25, 0.3) is 0 Å². The van der Waals surface area contributed by atoms with Gasteiger partial charge in [-0.15, -0.1) is 0 Å². The summed E-state index contributed by atoms with van der Waals surface area (Å²) in [7, 11) is -3.54. The highest BCUT2D eigenvalue weighted by Crippen LogP contribution is 2.24. The normalized spacial score (nSPS) is 16.3. The molecular formula is C18H17Cl2N3O2S. The first-order chi connectivity index (χ1) is 12.4. The van der Waals surface area contributed by atoms with Crippen LogP contribution in [0.4, 0.5) is 0 Å². The third kappa shape index (κ3) is 4.20. The molecular weight excluding hydrogens is 393 g/mol. The highest BCUT2D eigenvalue weighted by molar-refractivity contribution is 7.89. The largest absolute Gasteiger partial charge is 0.296 e. The first-order valence-corrected chi connectivity index (χ1v) is 10.3. The van der Waals surface area contributed by atoms with Crippen molar-refractivity contribution < 1.29 is 8.42 Å². The Hall–Kier alpha value is -1.62. The Morgan fingerprint density at radius 2 is 1.65 bits per heavy atom. The van der Waals surface area contributed by atoms with Gasteiger partial charge in [0, 0.05) is 42.8 Å². The molecule has 0 amide bonds. The molecule has 0 bridgehead atoms. The average molecular weight is 410 g/mol. The van der Waals surface area contributed by atoms with Crippen LogP contribution >= 0.6 is 23.2 Å². The van der Waals surface area contributed by atoms with Crippen LogP contribution < -0.4 is 0 Å². The summed E-state index contributed by atoms with van der Waals surface area (Å²) in [6.07, 6.45) is 0. The van der Waals surface area contributed by atoms with E-state index in [0.29, 0.717) is 48.3 Å². The Kier molecular flexibility index (Phi) is 5.86. The molecule has 0 spiro atoms. The van der Waals surface area contributed by atoms with E-state index in [0.717, 1.165) is 5.56 Å². The fourth-order valence-corrected chi connectivity index (χ4v) is 4.76. The lowest BCUT2D eigenvalue weighted by atomic mass is 10.2. The van der Waals surface area contributed by atoms with E-state index in [-0.39, 0.29) is 4.90 Å². The maximum atomic E-state index is 12.7. The molecule has 26 heavy (non-hydrogen) atoms. The van der Waals surface area contributed by atoms with Gasteiger partial charge < -0.3 is 0 Å². The van der Waals surface area contributed by atoms with Gasteiger partial charge in [-0.1, -0.05) is 29.3 Å². The maximum absolute atomic E-state index is 12.7. The minimum absolute atomic E-state index is 0.214. The van der Waals surface area contributed by atoms with Gasteiger partial charge in [0.05, 0.1) is 16.5 Å². The third-order valence-corrected chi connectivity index (χ3v) is 6.86. The number of benzene rings is 2. The van der Waals surface area contributed by atoms with Crippen LogP contribution in [0.5, 0.6) is 0 Å². The van der Waals surface area contributed by atoms with Crippen LogP contribution in [0.1, 0.15) is 11.1 Å². The molecule has 0 aliphatic carbocycles. The molecule has 2 aromatic rings. The van der Waals surface area contributed by atoms with Crippen molar-refractivity contribution in [1.29, 1.82) is 5.26 Å². The fraction of sp³-hybridized carbons (Fsp3) is 0.278. The summed E-state index contributed by atoms with van der Waals surface area (Å²) in [5.41, 5.74) is 1.41. The standard InChI is InChI=1S/C18H17Cl2N3O2S/c19-16-4-3-15(18(20)11-16)13-22-7-9-23(10-8-22)26(24,25)17-5-1-14(12-21)2-6-17/h1-6,11H,7-10,13H2. The van der Waals surface area contributed by atoms with Crippen LogP contribution in [-0.4, -0.2) is 43.8 Å². The molecule has 0 radical (unpaired) electrons. The summed E-state index contributed by atoms with van der Waals surface area (Å²) in [5.74, 6) is 0. The van der Waals surface area contributed by atoms with Crippen LogP contribution in [0.15, 0.2) is 47.4 Å². The van der Waals surface area contributed by atoms with Gasteiger partial charge in [0.1, 0.15) is 0 Å². The van der Waals surface area contributed by atoms with E-state index in [1.807, 2.05) is 12.1 Å². The molecule has 5 nitrogen and oxygen atoms in total. The van der Waals surface area contributed by atoms with Gasteiger partial charge in [-0.05, 0) is 42.0 Å². The number of halogens is 2. The van der Waals surface area contributed by atoms with E-state index in [1.165, 1.54) is 28.6 Å². The second-order valence-electron chi connectivity index (χ2n) is 6.05. The first-order valence-electron chi connectivity index (χ1n) is 8.07. The minimum Gasteiger partial charge on any atom is -0.296 e. The van der Waals surface area contributed by atoms with Crippen molar-refractivity contribution >= 4 is 33.2 Å². The zero-order valence-corrected chi connectivity index (χ0v) is 16.2. The lowest BCUT2D eigenvalue weighted by Gasteiger charge is -2.34. The smallest absolute Gasteiger partial charge is 0.243 e. The SMILES string of the molecule is N#Cc1ccc(S(=O)(=O)N2CCN(Cc3ccc(Cl)cc3Cl)CC2)cc1. The minimum atomic E-state index is -3.54. The van der Waals surface area contributed by atoms with Crippen molar-refractivity contribution in [2.75, 3.05) is 26.2 Å². The predicted octanol–water partition coefficient (Wildman–Crippen LogP) is 3.37. The highest BCUT2D eigenvalue weighted by atomic mass is 35.5. The Balaban J connectivity index is 1.64. The lowest BCUT2D eigenvalue weighted by Crippen LogP contribution is -2.48. The van der Waals surface area contributed by atoms with Gasteiger partial charge in [0.15, 0.2) is 0 Å². The third-order valence-electron chi connectivity index (χ3n) is 4.36. The Morgan fingerprint density at radius 1 is 1.00 bits per heavy atom. The Bertz CT molecular complexity index is 932. The molecule has 8 heteroatoms. The van der Waals surface area contributed by atoms with Crippen LogP contribution in [0, 0.1) is 11.3 Å². The second-order valence-corrected chi connectivity index (χ2v) is 8.83. The van der Waals surface area contributed by atoms with Gasteiger partial charge in [0.2, 0.25) is 10.0 Å². The van der Waals surface area contributed by atoms with Crippen LogP contribution in [-0.2, 0) is 16.6 Å². The summed E-state index contributed by atoms with van der Waals surface area (Å²) in [6, 6.07) is 13.4. The van der Waals surface area contributed by atoms with E-state index < -0.39 is 10.0 Å². The van der Waals surface area contributed by atoms with Crippen molar-refractivity contribution in [3.63, 3.8) is 0 Å². The number of rotatable bonds is 4. The molecule has 1 heterocycles. The van der Waals surface area contributed by atoms with Gasteiger partial charge >= 0.3 is 0 Å². The van der Waals surface area contributed by atoms with Crippen molar-refractivity contribution in [3.8, 4) is 6.07 Å². The van der Waals surface area contributed by atoms with Crippen LogP contribution in [0.3, 0.4) is 0 Å². The second kappa shape index (κ2) is 7.95. The molecule has 3 rings (SSSR count). The highest BCUT2D eigenvalue weighted by Gasteiger charge is 2.28. The van der Waals surface area contributed by atoms with Gasteiger partial charge in [-0.25, -0.2) is 8.42 Å². The van der Waals surface area contributed by atoms with E-state index in [9.17, 15) is 8.42 Å². The molecule has 0 N–H and O–H groups in total. The average Bonchev–Trinajstić information content (AvgIpc) is 2.64. The van der Waals surface area contributed by atoms with Crippen molar-refractivity contribution in [2.24, 2.45) is 0 Å². The predicted molar refractivity (Wildman–Crippen MR) is 102 cm³/mol. The van der Waals surface area contributed by atoms with Crippen LogP contribution in [0.25, 0.3) is 0 Å². The number of hydrogen-bond acceptors (Lipinski definition) is 4. The number of nitriles is 1. The van der Waals surface area contributed by atoms with E-state index in [1.54, 1.807) is 12.1 Å². The Labute approximate surface area is 163 Å². The zero-order valence-electron chi connectivity index (χ0n) is 13.9. The van der Waals surface area contributed by atoms with E-state index in [4.69, 9.17) is 28.5 Å². The molecule has 0 aromatic heterocycles. The molecule has 1 fully saturated rings. The summed E-state index contributed by atoms with van der Waals surface area (Å²) < 4.78 is 26.9. The maximum Gasteiger partial charge on any atom is 0.243 e. The number of sulfonamides is 1. The van der Waals surface area contributed by atoms with E-state index >= 15 is 0 Å². The molecule has 2 aromatic carbocycles. The molecule has 0 saturated carbocycles. The molecule has 0 unspecified atom stereocenters. The summed E-state index contributed by atoms with van der Waals surface area (Å²) in [6.45, 7) is 2.71. The number of piperazine rings is 1. The summed E-state index contributed by atoms with van der Waals surface area (Å²) in [4.78, 5) is 2.38. The topological polar surface area (TPSA) is 64.4 Å². The monoisotopic (exact) mass is 409 g/mol. The Morgan fingerprint density at radius 3 is 2.23 bits per heavy atom. The zero-order chi connectivity index (χ0) is 18.7. The van der Waals surface area contributed by atoms with E-state index in [2.05, 4.69) is 4.90 Å². The molecule has 0 atom stereocenters. The molecule has 1 aliphatic rings. The van der Waals surface area contributed by atoms with Gasteiger partial charge in [-0.3, -0.25) is 4.90 Å². The number of hydrogen-bond donors (Lipinski definition) is 0. The van der Waals surface area contributed by atoms with Gasteiger partial charge in [-0.2, -0.15) is 9.57 Å². The first kappa shape index (κ1) is 19.2. The fourth-order valence-electron chi connectivity index (χ4n) is 2.87. The van der Waals surface area contributed by atoms with Crippen molar-refractivity contribution in [3.05, 3.63) is 63.6 Å². The van der Waals surface area contributed by atoms with Crippen molar-refractivity contribution in [2.45, 2.75) is 11.4 Å². The summed E-state index contributed by atoms with van der Waals surface area (Å²) >= 11 is 12.1. The van der Waals surface area contributed by atoms with Crippen molar-refractivity contribution in [1.82, 2.24) is 9.21 Å². The molecule has 136 valence electrons. The van der Waals surface area contributed by atoms with Crippen LogP contribution in [0.2, 0.25) is 10.0 Å². The molecule has 1 aliphatic heterocycles.